The van der Waals surface area contributed by atoms with Gasteiger partial charge in [0.2, 0.25) is 5.91 Å². The van der Waals surface area contributed by atoms with Gasteiger partial charge in [0.25, 0.3) is 5.91 Å². The van der Waals surface area contributed by atoms with Gasteiger partial charge >= 0.3 is 6.03 Å². The number of nitriles is 1. The minimum Gasteiger partial charge on any atom is -0.353 e. The molecule has 0 saturated carbocycles. The fourth-order valence-corrected chi connectivity index (χ4v) is 4.17. The summed E-state index contributed by atoms with van der Waals surface area (Å²) in [6.45, 7) is 3.47. The van der Waals surface area contributed by atoms with Crippen molar-refractivity contribution in [1.82, 2.24) is 16.0 Å². The molecule has 4 rings (SSSR count). The number of fused-ring (bicyclic) bond motifs is 1. The molecule has 7 nitrogen and oxygen atoms in total. The van der Waals surface area contributed by atoms with Gasteiger partial charge in [-0.3, -0.25) is 14.9 Å². The Balaban J connectivity index is 1.43. The maximum atomic E-state index is 12.5. The number of imide groups is 1. The average Bonchev–Trinajstić information content (AvgIpc) is 3.19. The van der Waals surface area contributed by atoms with Crippen LogP contribution in [0, 0.1) is 18.3 Å². The summed E-state index contributed by atoms with van der Waals surface area (Å²) in [4.78, 5) is 35.7. The second kappa shape index (κ2) is 7.30. The van der Waals surface area contributed by atoms with Crippen molar-refractivity contribution in [3.63, 3.8) is 0 Å². The highest BCUT2D eigenvalue weighted by atomic mass is 16.2. The molecular weight excluding hydrogens is 380 g/mol. The lowest BCUT2D eigenvalue weighted by Gasteiger charge is -2.21. The number of benzene rings is 2. The van der Waals surface area contributed by atoms with E-state index in [-0.39, 0.29) is 18.4 Å². The van der Waals surface area contributed by atoms with Gasteiger partial charge in [-0.05, 0) is 60.6 Å². The van der Waals surface area contributed by atoms with Crippen LogP contribution < -0.4 is 16.0 Å². The molecule has 4 amide bonds. The number of urea groups is 1. The van der Waals surface area contributed by atoms with Gasteiger partial charge in [0.1, 0.15) is 5.54 Å². The first kappa shape index (κ1) is 19.6. The molecule has 1 heterocycles. The molecule has 2 aromatic carbocycles. The first-order valence-corrected chi connectivity index (χ1v) is 9.83. The van der Waals surface area contributed by atoms with Crippen molar-refractivity contribution in [3.05, 3.63) is 58.7 Å². The number of carbonyl (C=O) groups excluding carboxylic acids is 3. The summed E-state index contributed by atoms with van der Waals surface area (Å²) < 4.78 is 0. The SMILES string of the molecule is Cc1cc(-c2ccc3c(c2)CC(NC(=O)CC2(C)NC(=O)NC2=O)C3)ccc1C#N. The van der Waals surface area contributed by atoms with Crippen LogP contribution >= 0.6 is 0 Å². The molecular formula is C23H22N4O3. The molecule has 1 aliphatic carbocycles. The highest BCUT2D eigenvalue weighted by molar-refractivity contribution is 6.08. The molecule has 2 unspecified atom stereocenters. The minimum absolute atomic E-state index is 0.0470. The Kier molecular flexibility index (Phi) is 4.78. The fraction of sp³-hybridized carbons (Fsp3) is 0.304. The number of carbonyl (C=O) groups is 3. The normalized spacial score (nSPS) is 22.1. The molecule has 0 spiro atoms. The Labute approximate surface area is 174 Å². The fourth-order valence-electron chi connectivity index (χ4n) is 4.17. The van der Waals surface area contributed by atoms with Crippen LogP contribution in [0.5, 0.6) is 0 Å². The van der Waals surface area contributed by atoms with Crippen molar-refractivity contribution in [3.8, 4) is 17.2 Å². The average molecular weight is 402 g/mol. The second-order valence-corrected chi connectivity index (χ2v) is 8.21. The summed E-state index contributed by atoms with van der Waals surface area (Å²) in [7, 11) is 0. The van der Waals surface area contributed by atoms with Crippen molar-refractivity contribution < 1.29 is 14.4 Å². The number of hydrogen-bond donors (Lipinski definition) is 3. The number of amides is 4. The molecule has 0 radical (unpaired) electrons. The number of nitrogens with one attached hydrogen (secondary N) is 3. The molecule has 7 heteroatoms. The maximum Gasteiger partial charge on any atom is 0.322 e. The molecule has 1 fully saturated rings. The Morgan fingerprint density at radius 2 is 1.87 bits per heavy atom. The van der Waals surface area contributed by atoms with Gasteiger partial charge < -0.3 is 10.6 Å². The van der Waals surface area contributed by atoms with E-state index in [1.807, 2.05) is 25.1 Å². The van der Waals surface area contributed by atoms with Crippen LogP contribution in [-0.2, 0) is 22.4 Å². The van der Waals surface area contributed by atoms with Crippen molar-refractivity contribution in [2.75, 3.05) is 0 Å². The summed E-state index contributed by atoms with van der Waals surface area (Å²) in [5.41, 5.74) is 4.89. The van der Waals surface area contributed by atoms with Gasteiger partial charge in [-0.15, -0.1) is 0 Å². The van der Waals surface area contributed by atoms with Gasteiger partial charge in [-0.25, -0.2) is 4.79 Å². The summed E-state index contributed by atoms with van der Waals surface area (Å²) in [6.07, 6.45) is 1.33. The third kappa shape index (κ3) is 3.64. The van der Waals surface area contributed by atoms with E-state index in [4.69, 9.17) is 5.26 Å². The Bertz CT molecular complexity index is 1120. The molecule has 2 aromatic rings. The van der Waals surface area contributed by atoms with Crippen molar-refractivity contribution in [1.29, 1.82) is 5.26 Å². The van der Waals surface area contributed by atoms with E-state index in [9.17, 15) is 14.4 Å². The first-order chi connectivity index (χ1) is 14.3. The van der Waals surface area contributed by atoms with Crippen LogP contribution in [-0.4, -0.2) is 29.4 Å². The first-order valence-electron chi connectivity index (χ1n) is 9.83. The zero-order valence-corrected chi connectivity index (χ0v) is 16.8. The van der Waals surface area contributed by atoms with Gasteiger partial charge in [-0.2, -0.15) is 5.26 Å². The van der Waals surface area contributed by atoms with Crippen LogP contribution in [0.2, 0.25) is 0 Å². The maximum absolute atomic E-state index is 12.5. The smallest absolute Gasteiger partial charge is 0.322 e. The van der Waals surface area contributed by atoms with Gasteiger partial charge in [-0.1, -0.05) is 30.3 Å². The Morgan fingerprint density at radius 1 is 1.17 bits per heavy atom. The van der Waals surface area contributed by atoms with E-state index in [1.165, 1.54) is 11.1 Å². The van der Waals surface area contributed by atoms with E-state index in [1.54, 1.807) is 6.92 Å². The number of nitrogens with zero attached hydrogens (tertiary/aromatic N) is 1. The molecule has 2 aliphatic rings. The van der Waals surface area contributed by atoms with Crippen molar-refractivity contribution in [2.45, 2.75) is 44.7 Å². The minimum atomic E-state index is -1.22. The van der Waals surface area contributed by atoms with E-state index >= 15 is 0 Å². The zero-order valence-electron chi connectivity index (χ0n) is 16.8. The predicted octanol–water partition coefficient (Wildman–Crippen LogP) is 2.11. The topological polar surface area (TPSA) is 111 Å². The Morgan fingerprint density at radius 3 is 2.53 bits per heavy atom. The van der Waals surface area contributed by atoms with Crippen LogP contribution in [0.1, 0.15) is 35.6 Å². The second-order valence-electron chi connectivity index (χ2n) is 8.21. The monoisotopic (exact) mass is 402 g/mol. The lowest BCUT2D eigenvalue weighted by Crippen LogP contribution is -2.49. The highest BCUT2D eigenvalue weighted by Gasteiger charge is 2.43. The molecule has 0 aromatic heterocycles. The quantitative estimate of drug-likeness (QED) is 0.680. The van der Waals surface area contributed by atoms with E-state index in [0.29, 0.717) is 12.0 Å². The number of rotatable bonds is 4. The van der Waals surface area contributed by atoms with Gasteiger partial charge in [0.15, 0.2) is 0 Å². The van der Waals surface area contributed by atoms with Gasteiger partial charge in [0.05, 0.1) is 18.1 Å². The van der Waals surface area contributed by atoms with Crippen molar-refractivity contribution >= 4 is 17.8 Å². The summed E-state index contributed by atoms with van der Waals surface area (Å²) in [5.74, 6) is -0.754. The lowest BCUT2D eigenvalue weighted by atomic mass is 9.97. The molecule has 1 saturated heterocycles. The van der Waals surface area contributed by atoms with E-state index in [0.717, 1.165) is 23.1 Å². The molecule has 30 heavy (non-hydrogen) atoms. The van der Waals surface area contributed by atoms with Crippen LogP contribution in [0.25, 0.3) is 11.1 Å². The van der Waals surface area contributed by atoms with Crippen LogP contribution in [0.4, 0.5) is 4.79 Å². The summed E-state index contributed by atoms with van der Waals surface area (Å²) >= 11 is 0. The molecule has 1 aliphatic heterocycles. The summed E-state index contributed by atoms with van der Waals surface area (Å²) in [6, 6.07) is 13.6. The molecule has 3 N–H and O–H groups in total. The molecule has 2 atom stereocenters. The largest absolute Gasteiger partial charge is 0.353 e. The summed E-state index contributed by atoms with van der Waals surface area (Å²) in [5, 5.41) is 16.8. The zero-order chi connectivity index (χ0) is 21.5. The molecule has 0 bridgehead atoms. The van der Waals surface area contributed by atoms with Gasteiger partial charge in [0, 0.05) is 6.04 Å². The third-order valence-electron chi connectivity index (χ3n) is 5.82. The van der Waals surface area contributed by atoms with Crippen LogP contribution in [0.3, 0.4) is 0 Å². The van der Waals surface area contributed by atoms with Crippen molar-refractivity contribution in [2.24, 2.45) is 0 Å². The van der Waals surface area contributed by atoms with Crippen LogP contribution in [0.15, 0.2) is 36.4 Å². The number of hydrogen-bond acceptors (Lipinski definition) is 4. The lowest BCUT2D eigenvalue weighted by molar-refractivity contribution is -0.129. The predicted molar refractivity (Wildman–Crippen MR) is 110 cm³/mol. The molecule has 152 valence electrons. The van der Waals surface area contributed by atoms with E-state index in [2.05, 4.69) is 40.2 Å². The number of aryl methyl sites for hydroxylation is 1. The van der Waals surface area contributed by atoms with E-state index < -0.39 is 17.5 Å². The third-order valence-corrected chi connectivity index (χ3v) is 5.82. The Hall–Kier alpha value is -3.66. The highest BCUT2D eigenvalue weighted by Crippen LogP contribution is 2.29. The standard InChI is InChI=1S/C23H22N4O3/c1-13-7-14(5-6-17(13)12-24)15-3-4-16-9-19(10-18(16)8-15)25-20(28)11-23(2)21(29)26-22(30)27-23/h3-8,19H,9-11H2,1-2H3,(H,25,28)(H2,26,27,29,30).